The maximum absolute atomic E-state index is 5.71. The highest BCUT2D eigenvalue weighted by molar-refractivity contribution is 7.98. The number of imidazole rings is 1. The Balaban J connectivity index is 1.65. The second-order valence-electron chi connectivity index (χ2n) is 7.71. The van der Waals surface area contributed by atoms with Gasteiger partial charge in [0.15, 0.2) is 22.9 Å². The van der Waals surface area contributed by atoms with Gasteiger partial charge in [-0.1, -0.05) is 12.1 Å². The highest BCUT2D eigenvalue weighted by Gasteiger charge is 2.24. The molecule has 3 aromatic heterocycles. The van der Waals surface area contributed by atoms with Gasteiger partial charge in [-0.3, -0.25) is 9.29 Å². The van der Waals surface area contributed by atoms with Crippen LogP contribution in [-0.4, -0.2) is 75.9 Å². The first kappa shape index (κ1) is 24.1. The maximum Gasteiger partial charge on any atom is 0.213 e. The van der Waals surface area contributed by atoms with E-state index in [1.54, 1.807) is 20.4 Å². The quantitative estimate of drug-likeness (QED) is 0.334. The van der Waals surface area contributed by atoms with E-state index in [0.717, 1.165) is 13.1 Å². The molecule has 0 bridgehead atoms. The summed E-state index contributed by atoms with van der Waals surface area (Å²) in [6, 6.07) is 11.2. The summed E-state index contributed by atoms with van der Waals surface area (Å²) in [7, 11) is 3.23. The van der Waals surface area contributed by atoms with Crippen LogP contribution < -0.4 is 18.9 Å². The fourth-order valence-corrected chi connectivity index (χ4v) is 4.51. The third-order valence-electron chi connectivity index (χ3n) is 5.49. The maximum atomic E-state index is 5.71. The van der Waals surface area contributed by atoms with Crippen molar-refractivity contribution in [2.75, 3.05) is 51.9 Å². The van der Waals surface area contributed by atoms with Crippen LogP contribution in [-0.2, 0) is 4.74 Å². The number of anilines is 1. The lowest BCUT2D eigenvalue weighted by molar-refractivity contribution is 0.0775. The molecule has 1 fully saturated rings. The molecule has 0 spiro atoms. The summed E-state index contributed by atoms with van der Waals surface area (Å²) in [6.07, 6.45) is 1.67. The highest BCUT2D eigenvalue weighted by Crippen LogP contribution is 2.38. The van der Waals surface area contributed by atoms with Crippen molar-refractivity contribution in [3.8, 4) is 34.6 Å². The van der Waals surface area contributed by atoms with Gasteiger partial charge in [0.25, 0.3) is 0 Å². The number of hydrogen-bond donors (Lipinski definition) is 1. The number of ether oxygens (including phenoxy) is 4. The first-order valence-electron chi connectivity index (χ1n) is 11.5. The van der Waals surface area contributed by atoms with Crippen molar-refractivity contribution < 1.29 is 18.9 Å². The van der Waals surface area contributed by atoms with Crippen molar-refractivity contribution in [3.63, 3.8) is 0 Å². The molecule has 5 rings (SSSR count). The molecule has 1 aliphatic heterocycles. The largest absolute Gasteiger partial charge is 0.494 e. The Morgan fingerprint density at radius 3 is 2.47 bits per heavy atom. The molecule has 4 aromatic rings. The first-order valence-corrected chi connectivity index (χ1v) is 12.3. The fraction of sp³-hybridized carbons (Fsp3) is 0.333. The molecule has 12 heteroatoms. The number of rotatable bonds is 9. The van der Waals surface area contributed by atoms with E-state index >= 15 is 0 Å². The minimum Gasteiger partial charge on any atom is -0.494 e. The summed E-state index contributed by atoms with van der Waals surface area (Å²) in [5.41, 5.74) is 2.24. The monoisotopic (exact) mass is 509 g/mol. The Morgan fingerprint density at radius 2 is 1.75 bits per heavy atom. The summed E-state index contributed by atoms with van der Waals surface area (Å²) < 4.78 is 29.8. The molecule has 188 valence electrons. The molecule has 0 amide bonds. The standard InChI is InChI=1S/C24H27N7O4S/c1-4-35-20-10-5-7-16(26-20)23-28-22-24(31(23)21-17(32-2)8-6-9-18(21)33-3)27-19(15-25-22)29-36-30-11-13-34-14-12-30/h5-10,15H,4,11-14H2,1-3H3,(H,27,29). The molecule has 0 radical (unpaired) electrons. The van der Waals surface area contributed by atoms with Crippen molar-refractivity contribution >= 4 is 29.2 Å². The minimum atomic E-state index is 0.462. The number of morpholine rings is 1. The molecule has 0 atom stereocenters. The van der Waals surface area contributed by atoms with Crippen LogP contribution in [0.4, 0.5) is 5.82 Å². The van der Waals surface area contributed by atoms with Crippen LogP contribution in [0.5, 0.6) is 17.4 Å². The normalized spacial score (nSPS) is 14.1. The average Bonchev–Trinajstić information content (AvgIpc) is 3.30. The van der Waals surface area contributed by atoms with Gasteiger partial charge in [0.1, 0.15) is 22.9 Å². The van der Waals surface area contributed by atoms with Crippen molar-refractivity contribution in [2.45, 2.75) is 6.92 Å². The topological polar surface area (TPSA) is 109 Å². The number of pyridine rings is 1. The van der Waals surface area contributed by atoms with Gasteiger partial charge in [-0.25, -0.2) is 24.2 Å². The van der Waals surface area contributed by atoms with Crippen LogP contribution in [0.2, 0.25) is 0 Å². The van der Waals surface area contributed by atoms with Crippen LogP contribution in [0.3, 0.4) is 0 Å². The molecule has 4 heterocycles. The van der Waals surface area contributed by atoms with E-state index in [1.807, 2.05) is 47.9 Å². The van der Waals surface area contributed by atoms with E-state index in [2.05, 4.69) is 19.0 Å². The van der Waals surface area contributed by atoms with E-state index < -0.39 is 0 Å². The number of benzene rings is 1. The van der Waals surface area contributed by atoms with E-state index in [-0.39, 0.29) is 0 Å². The number of para-hydroxylation sites is 1. The first-order chi connectivity index (χ1) is 17.7. The van der Waals surface area contributed by atoms with E-state index in [0.29, 0.717) is 71.5 Å². The smallest absolute Gasteiger partial charge is 0.213 e. The molecular weight excluding hydrogens is 482 g/mol. The van der Waals surface area contributed by atoms with Crippen LogP contribution in [0.25, 0.3) is 28.5 Å². The van der Waals surface area contributed by atoms with Crippen molar-refractivity contribution in [1.82, 2.24) is 28.8 Å². The molecule has 1 aromatic carbocycles. The Bertz CT molecular complexity index is 1320. The number of hydrogen-bond acceptors (Lipinski definition) is 11. The number of methoxy groups -OCH3 is 2. The van der Waals surface area contributed by atoms with Gasteiger partial charge < -0.3 is 18.9 Å². The van der Waals surface area contributed by atoms with E-state index in [4.69, 9.17) is 28.9 Å². The van der Waals surface area contributed by atoms with Crippen LogP contribution in [0, 0.1) is 0 Å². The Labute approximate surface area is 213 Å². The van der Waals surface area contributed by atoms with Crippen molar-refractivity contribution in [3.05, 3.63) is 42.6 Å². The van der Waals surface area contributed by atoms with Gasteiger partial charge in [-0.15, -0.1) is 0 Å². The summed E-state index contributed by atoms with van der Waals surface area (Å²) in [4.78, 5) is 18.9. The lowest BCUT2D eigenvalue weighted by atomic mass is 10.2. The SMILES string of the molecule is CCOc1cccc(-c2nc3ncc(NSN4CCOCC4)nc3n2-c2c(OC)cccc2OC)n1. The Morgan fingerprint density at radius 1 is 1.00 bits per heavy atom. The van der Waals surface area contributed by atoms with Gasteiger partial charge in [0, 0.05) is 31.3 Å². The lowest BCUT2D eigenvalue weighted by Crippen LogP contribution is -2.32. The summed E-state index contributed by atoms with van der Waals surface area (Å²) >= 11 is 1.48. The third kappa shape index (κ3) is 4.87. The number of nitrogens with zero attached hydrogens (tertiary/aromatic N) is 6. The Kier molecular flexibility index (Phi) is 7.35. The van der Waals surface area contributed by atoms with E-state index in [9.17, 15) is 0 Å². The zero-order chi connectivity index (χ0) is 24.9. The van der Waals surface area contributed by atoms with Gasteiger partial charge >= 0.3 is 0 Å². The molecule has 1 N–H and O–H groups in total. The minimum absolute atomic E-state index is 0.462. The van der Waals surface area contributed by atoms with E-state index in [1.165, 1.54) is 12.1 Å². The second-order valence-corrected chi connectivity index (χ2v) is 8.62. The fourth-order valence-electron chi connectivity index (χ4n) is 3.85. The van der Waals surface area contributed by atoms with Crippen LogP contribution in [0.15, 0.2) is 42.6 Å². The molecule has 36 heavy (non-hydrogen) atoms. The van der Waals surface area contributed by atoms with Crippen LogP contribution >= 0.6 is 12.1 Å². The lowest BCUT2D eigenvalue weighted by Gasteiger charge is -2.24. The molecule has 0 aliphatic carbocycles. The zero-order valence-electron chi connectivity index (χ0n) is 20.3. The predicted octanol–water partition coefficient (Wildman–Crippen LogP) is 3.60. The Hall–Kier alpha value is -3.61. The number of nitrogens with one attached hydrogen (secondary N) is 1. The van der Waals surface area contributed by atoms with Gasteiger partial charge in [0.2, 0.25) is 5.88 Å². The summed E-state index contributed by atoms with van der Waals surface area (Å²) in [5, 5.41) is 0. The second kappa shape index (κ2) is 11.0. The zero-order valence-corrected chi connectivity index (χ0v) is 21.1. The molecule has 0 unspecified atom stereocenters. The van der Waals surface area contributed by atoms with Crippen molar-refractivity contribution in [1.29, 1.82) is 0 Å². The molecule has 1 aliphatic rings. The average molecular weight is 510 g/mol. The van der Waals surface area contributed by atoms with Gasteiger partial charge in [0.05, 0.1) is 40.2 Å². The summed E-state index contributed by atoms with van der Waals surface area (Å²) in [6.45, 7) is 5.49. The number of aromatic nitrogens is 5. The molecule has 0 saturated carbocycles. The highest BCUT2D eigenvalue weighted by atomic mass is 32.2. The molecule has 1 saturated heterocycles. The van der Waals surface area contributed by atoms with Gasteiger partial charge in [-0.2, -0.15) is 0 Å². The third-order valence-corrected chi connectivity index (χ3v) is 6.41. The summed E-state index contributed by atoms with van der Waals surface area (Å²) in [5.74, 6) is 2.83. The molecular formula is C24H27N7O4S. The van der Waals surface area contributed by atoms with Crippen LogP contribution in [0.1, 0.15) is 6.92 Å². The van der Waals surface area contributed by atoms with Crippen molar-refractivity contribution in [2.24, 2.45) is 0 Å². The predicted molar refractivity (Wildman–Crippen MR) is 138 cm³/mol. The number of fused-ring (bicyclic) bond motifs is 1. The van der Waals surface area contributed by atoms with Gasteiger partial charge in [-0.05, 0) is 25.1 Å². The molecule has 11 nitrogen and oxygen atoms in total.